The van der Waals surface area contributed by atoms with E-state index < -0.39 is 21.3 Å². The van der Waals surface area contributed by atoms with Crippen molar-refractivity contribution in [1.82, 2.24) is 15.1 Å². The summed E-state index contributed by atoms with van der Waals surface area (Å²) in [6, 6.07) is 9.19. The molecule has 2 aromatic rings. The lowest BCUT2D eigenvalue weighted by molar-refractivity contribution is 0.0691. The van der Waals surface area contributed by atoms with Crippen LogP contribution in [0.25, 0.3) is 11.3 Å². The maximum Gasteiger partial charge on any atom is 0.271 e. The first-order chi connectivity index (χ1) is 12.5. The summed E-state index contributed by atoms with van der Waals surface area (Å²) in [6.07, 6.45) is 0.480. The van der Waals surface area contributed by atoms with Gasteiger partial charge >= 0.3 is 0 Å². The maximum atomic E-state index is 12.5. The summed E-state index contributed by atoms with van der Waals surface area (Å²) in [7, 11) is -3.08. The summed E-state index contributed by atoms with van der Waals surface area (Å²) in [5.74, 6) is -0.242. The molecule has 1 amide bonds. The largest absolute Gasteiger partial charge is 0.389 e. The lowest BCUT2D eigenvalue weighted by Gasteiger charge is -2.17. The van der Waals surface area contributed by atoms with Crippen molar-refractivity contribution < 1.29 is 18.3 Å². The predicted molar refractivity (Wildman–Crippen MR) is 103 cm³/mol. The Bertz CT molecular complexity index is 940. The second kappa shape index (κ2) is 7.09. The Morgan fingerprint density at radius 3 is 2.56 bits per heavy atom. The number of benzene rings is 1. The second-order valence-electron chi connectivity index (χ2n) is 7.78. The molecule has 1 fully saturated rings. The third-order valence-electron chi connectivity index (χ3n) is 4.55. The molecule has 0 bridgehead atoms. The van der Waals surface area contributed by atoms with E-state index >= 15 is 0 Å². The van der Waals surface area contributed by atoms with E-state index in [2.05, 4.69) is 10.4 Å². The summed E-state index contributed by atoms with van der Waals surface area (Å²) in [6.45, 7) is 5.29. The summed E-state index contributed by atoms with van der Waals surface area (Å²) >= 11 is 0. The van der Waals surface area contributed by atoms with Crippen LogP contribution in [0.4, 0.5) is 0 Å². The number of hydrogen-bond acceptors (Lipinski definition) is 5. The number of aryl methyl sites for hydroxylation is 1. The fourth-order valence-electron chi connectivity index (χ4n) is 3.08. The van der Waals surface area contributed by atoms with Crippen LogP contribution in [0, 0.1) is 6.92 Å². The Kier molecular flexibility index (Phi) is 5.14. The highest BCUT2D eigenvalue weighted by atomic mass is 32.2. The molecule has 2 N–H and O–H groups in total. The lowest BCUT2D eigenvalue weighted by Crippen LogP contribution is -2.38. The van der Waals surface area contributed by atoms with E-state index in [-0.39, 0.29) is 29.8 Å². The fourth-order valence-corrected chi connectivity index (χ4v) is 4.77. The molecule has 146 valence electrons. The van der Waals surface area contributed by atoms with Gasteiger partial charge < -0.3 is 10.4 Å². The highest BCUT2D eigenvalue weighted by molar-refractivity contribution is 7.91. The molecule has 1 unspecified atom stereocenters. The van der Waals surface area contributed by atoms with Gasteiger partial charge in [-0.3, -0.25) is 9.48 Å². The van der Waals surface area contributed by atoms with Gasteiger partial charge in [-0.15, -0.1) is 0 Å². The summed E-state index contributed by atoms with van der Waals surface area (Å²) in [5, 5.41) is 16.9. The van der Waals surface area contributed by atoms with Gasteiger partial charge in [0.2, 0.25) is 0 Å². The monoisotopic (exact) mass is 391 g/mol. The number of aromatic nitrogens is 2. The molecule has 8 heteroatoms. The van der Waals surface area contributed by atoms with Gasteiger partial charge in [-0.2, -0.15) is 5.10 Å². The molecule has 27 heavy (non-hydrogen) atoms. The normalized spacial score (nSPS) is 19.2. The van der Waals surface area contributed by atoms with Crippen LogP contribution in [-0.2, 0) is 9.84 Å². The van der Waals surface area contributed by atoms with Crippen molar-refractivity contribution in [1.29, 1.82) is 0 Å². The topological polar surface area (TPSA) is 101 Å². The fraction of sp³-hybridized carbons (Fsp3) is 0.474. The molecule has 1 atom stereocenters. The first-order valence-corrected chi connectivity index (χ1v) is 10.7. The van der Waals surface area contributed by atoms with Gasteiger partial charge in [0.1, 0.15) is 0 Å². The minimum absolute atomic E-state index is 0.0261. The summed E-state index contributed by atoms with van der Waals surface area (Å²) < 4.78 is 25.5. The van der Waals surface area contributed by atoms with E-state index in [0.29, 0.717) is 12.1 Å². The quantitative estimate of drug-likeness (QED) is 0.808. The summed E-state index contributed by atoms with van der Waals surface area (Å²) in [4.78, 5) is 12.5. The van der Waals surface area contributed by atoms with Crippen molar-refractivity contribution in [3.63, 3.8) is 0 Å². The van der Waals surface area contributed by atoms with Gasteiger partial charge in [-0.05, 0) is 38.8 Å². The number of carbonyl (C=O) groups is 1. The van der Waals surface area contributed by atoms with Gasteiger partial charge in [-0.1, -0.05) is 29.8 Å². The smallest absolute Gasteiger partial charge is 0.271 e. The Hall–Kier alpha value is -2.19. The van der Waals surface area contributed by atoms with E-state index in [0.717, 1.165) is 11.1 Å². The number of aliphatic hydroxyl groups is 1. The Morgan fingerprint density at radius 1 is 1.33 bits per heavy atom. The number of hydrogen-bond donors (Lipinski definition) is 2. The van der Waals surface area contributed by atoms with Crippen molar-refractivity contribution in [2.45, 2.75) is 38.8 Å². The second-order valence-corrected chi connectivity index (χ2v) is 10.0. The van der Waals surface area contributed by atoms with Gasteiger partial charge in [0.05, 0.1) is 28.8 Å². The Morgan fingerprint density at radius 2 is 2.00 bits per heavy atom. The molecule has 1 aliphatic heterocycles. The molecule has 0 spiro atoms. The van der Waals surface area contributed by atoms with Gasteiger partial charge in [0.15, 0.2) is 15.5 Å². The highest BCUT2D eigenvalue weighted by Gasteiger charge is 2.32. The molecule has 0 radical (unpaired) electrons. The minimum atomic E-state index is -3.08. The number of carbonyl (C=O) groups excluding carboxylic acids is 1. The number of nitrogens with one attached hydrogen (secondary N) is 1. The van der Waals surface area contributed by atoms with Gasteiger partial charge in [0.25, 0.3) is 5.91 Å². The zero-order valence-electron chi connectivity index (χ0n) is 15.8. The number of amides is 1. The third-order valence-corrected chi connectivity index (χ3v) is 6.30. The number of sulfone groups is 1. The van der Waals surface area contributed by atoms with E-state index in [9.17, 15) is 18.3 Å². The van der Waals surface area contributed by atoms with E-state index in [1.165, 1.54) is 0 Å². The van der Waals surface area contributed by atoms with Crippen LogP contribution >= 0.6 is 0 Å². The molecule has 1 aromatic heterocycles. The highest BCUT2D eigenvalue weighted by Crippen LogP contribution is 2.30. The first-order valence-electron chi connectivity index (χ1n) is 8.92. The van der Waals surface area contributed by atoms with E-state index in [1.807, 2.05) is 31.2 Å². The van der Waals surface area contributed by atoms with E-state index in [4.69, 9.17) is 0 Å². The first kappa shape index (κ1) is 19.6. The standard InChI is InChI=1S/C19H25N3O4S/c1-13-4-6-14(7-5-13)17-10-16(18(23)20-12-19(2,3)24)21-22(17)15-8-9-27(25,26)11-15/h4-7,10,15,24H,8-9,11-12H2,1-3H3,(H,20,23). The lowest BCUT2D eigenvalue weighted by atomic mass is 10.1. The molecular weight excluding hydrogens is 366 g/mol. The van der Waals surface area contributed by atoms with Crippen LogP contribution in [0.3, 0.4) is 0 Å². The van der Waals surface area contributed by atoms with Crippen LogP contribution in [-0.4, -0.2) is 52.9 Å². The summed E-state index contributed by atoms with van der Waals surface area (Å²) in [5.41, 5.74) is 1.87. The molecule has 7 nitrogen and oxygen atoms in total. The van der Waals surface area contributed by atoms with Gasteiger partial charge in [0, 0.05) is 6.54 Å². The van der Waals surface area contributed by atoms with Crippen molar-refractivity contribution in [3.05, 3.63) is 41.6 Å². The van der Waals surface area contributed by atoms with Crippen molar-refractivity contribution >= 4 is 15.7 Å². The molecular formula is C19H25N3O4S. The van der Waals surface area contributed by atoms with Crippen LogP contribution < -0.4 is 5.32 Å². The zero-order valence-corrected chi connectivity index (χ0v) is 16.6. The molecule has 1 aliphatic rings. The van der Waals surface area contributed by atoms with Crippen molar-refractivity contribution in [3.8, 4) is 11.3 Å². The van der Waals surface area contributed by atoms with Crippen molar-refractivity contribution in [2.75, 3.05) is 18.1 Å². The molecule has 0 saturated carbocycles. The van der Waals surface area contributed by atoms with Crippen LogP contribution in [0.2, 0.25) is 0 Å². The number of rotatable bonds is 5. The average Bonchev–Trinajstić information content (AvgIpc) is 3.16. The van der Waals surface area contributed by atoms with Crippen molar-refractivity contribution in [2.24, 2.45) is 0 Å². The molecule has 3 rings (SSSR count). The third kappa shape index (κ3) is 4.75. The van der Waals surface area contributed by atoms with Gasteiger partial charge in [-0.25, -0.2) is 8.42 Å². The number of nitrogens with zero attached hydrogens (tertiary/aromatic N) is 2. The molecule has 1 aromatic carbocycles. The van der Waals surface area contributed by atoms with E-state index in [1.54, 1.807) is 24.6 Å². The Balaban J connectivity index is 1.96. The molecule has 0 aliphatic carbocycles. The average molecular weight is 391 g/mol. The van der Waals surface area contributed by atoms with Crippen LogP contribution in [0.15, 0.2) is 30.3 Å². The van der Waals surface area contributed by atoms with Crippen LogP contribution in [0.1, 0.15) is 42.4 Å². The maximum absolute atomic E-state index is 12.5. The zero-order chi connectivity index (χ0) is 19.8. The predicted octanol–water partition coefficient (Wildman–Crippen LogP) is 1.72. The Labute approximate surface area is 159 Å². The minimum Gasteiger partial charge on any atom is -0.389 e. The van der Waals surface area contributed by atoms with Crippen LogP contribution in [0.5, 0.6) is 0 Å². The molecule has 1 saturated heterocycles. The molecule has 2 heterocycles. The SMILES string of the molecule is Cc1ccc(-c2cc(C(=O)NCC(C)(C)O)nn2C2CCS(=O)(=O)C2)cc1.